The molecule has 2 aromatic rings. The molecule has 2 amide bonds. The van der Waals surface area contributed by atoms with Crippen molar-refractivity contribution in [1.82, 2.24) is 20.5 Å². The number of nitrogens with zero attached hydrogens (tertiary/aromatic N) is 2. The van der Waals surface area contributed by atoms with Gasteiger partial charge in [0.25, 0.3) is 0 Å². The van der Waals surface area contributed by atoms with Crippen molar-refractivity contribution < 1.29 is 9.59 Å². The first-order chi connectivity index (χ1) is 18.1. The standard InChI is InChI=1S/C31H42N4O2/c1-21(32-2)30(36)34-29(23-13-7-4-8-14-23)31(37)35-18-10-17-28(35)24-19-26-25(22-11-5-3-6-12-22)15-9-16-27(26)33-20-24/h3,5-6,11-12,19-21,23,25,28-29,32H,4,7-10,13-18H2,1-2H3,(H,34,36)/t21?,25?,28?,29-/m0/s1. The Morgan fingerprint density at radius 1 is 0.973 bits per heavy atom. The second-order valence-corrected chi connectivity index (χ2v) is 11.2. The number of carbonyl (C=O) groups excluding carboxylic acids is 2. The Morgan fingerprint density at radius 3 is 2.51 bits per heavy atom. The molecule has 198 valence electrons. The first-order valence-electron chi connectivity index (χ1n) is 14.4. The number of hydrogen-bond donors (Lipinski definition) is 2. The lowest BCUT2D eigenvalue weighted by Crippen LogP contribution is -2.55. The highest BCUT2D eigenvalue weighted by Crippen LogP contribution is 2.40. The SMILES string of the molecule is CNC(C)C(=O)N[C@H](C(=O)N1CCCC1c1cnc2c(c1)C(c1ccccc1)CCC2)C1CCCCC1. The van der Waals surface area contributed by atoms with E-state index in [-0.39, 0.29) is 29.8 Å². The minimum Gasteiger partial charge on any atom is -0.343 e. The number of amides is 2. The molecule has 2 heterocycles. The van der Waals surface area contributed by atoms with E-state index in [9.17, 15) is 9.59 Å². The Labute approximate surface area is 221 Å². The van der Waals surface area contributed by atoms with Crippen LogP contribution in [0.2, 0.25) is 0 Å². The summed E-state index contributed by atoms with van der Waals surface area (Å²) in [6, 6.07) is 12.3. The fraction of sp³-hybridized carbons (Fsp3) is 0.581. The molecule has 2 fully saturated rings. The third kappa shape index (κ3) is 5.59. The van der Waals surface area contributed by atoms with Crippen LogP contribution in [0, 0.1) is 5.92 Å². The van der Waals surface area contributed by atoms with Crippen molar-refractivity contribution in [2.45, 2.75) is 95.2 Å². The molecule has 3 unspecified atom stereocenters. The fourth-order valence-electron chi connectivity index (χ4n) is 6.69. The Morgan fingerprint density at radius 2 is 1.76 bits per heavy atom. The average Bonchev–Trinajstić information content (AvgIpc) is 3.45. The highest BCUT2D eigenvalue weighted by Gasteiger charge is 2.39. The van der Waals surface area contributed by atoms with E-state index in [0.29, 0.717) is 5.92 Å². The molecule has 0 bridgehead atoms. The number of rotatable bonds is 7. The molecule has 1 aliphatic heterocycles. The summed E-state index contributed by atoms with van der Waals surface area (Å²) in [4.78, 5) is 34.0. The molecule has 1 saturated carbocycles. The molecule has 2 N–H and O–H groups in total. The van der Waals surface area contributed by atoms with Gasteiger partial charge in [0.15, 0.2) is 0 Å². The number of benzene rings is 1. The minimum absolute atomic E-state index is 0.0216. The van der Waals surface area contributed by atoms with Crippen molar-refractivity contribution in [2.75, 3.05) is 13.6 Å². The fourth-order valence-corrected chi connectivity index (χ4v) is 6.69. The summed E-state index contributed by atoms with van der Waals surface area (Å²) < 4.78 is 0. The van der Waals surface area contributed by atoms with Crippen LogP contribution in [0.3, 0.4) is 0 Å². The third-order valence-electron chi connectivity index (χ3n) is 8.94. The molecule has 1 aromatic carbocycles. The van der Waals surface area contributed by atoms with E-state index in [0.717, 1.165) is 69.9 Å². The quantitative estimate of drug-likeness (QED) is 0.566. The molecule has 0 spiro atoms. The Kier molecular flexibility index (Phi) is 8.23. The summed E-state index contributed by atoms with van der Waals surface area (Å²) in [7, 11) is 1.78. The van der Waals surface area contributed by atoms with Gasteiger partial charge in [-0.2, -0.15) is 0 Å². The number of carbonyl (C=O) groups is 2. The number of aryl methyl sites for hydroxylation is 1. The second kappa shape index (κ2) is 11.8. The largest absolute Gasteiger partial charge is 0.343 e. The van der Waals surface area contributed by atoms with Crippen molar-refractivity contribution in [3.05, 3.63) is 65.0 Å². The van der Waals surface area contributed by atoms with E-state index < -0.39 is 6.04 Å². The van der Waals surface area contributed by atoms with Crippen LogP contribution in [0.4, 0.5) is 0 Å². The summed E-state index contributed by atoms with van der Waals surface area (Å²) in [6.07, 6.45) is 12.7. The molecule has 0 radical (unpaired) electrons. The topological polar surface area (TPSA) is 74.3 Å². The summed E-state index contributed by atoms with van der Waals surface area (Å²) >= 11 is 0. The Bertz CT molecular complexity index is 1080. The molecule has 5 rings (SSSR count). The summed E-state index contributed by atoms with van der Waals surface area (Å²) in [5, 5.41) is 6.17. The number of likely N-dealkylation sites (tertiary alicyclic amines) is 1. The van der Waals surface area contributed by atoms with Gasteiger partial charge in [-0.15, -0.1) is 0 Å². The van der Waals surface area contributed by atoms with E-state index in [1.54, 1.807) is 7.05 Å². The van der Waals surface area contributed by atoms with Crippen molar-refractivity contribution in [3.63, 3.8) is 0 Å². The van der Waals surface area contributed by atoms with Crippen LogP contribution in [-0.2, 0) is 16.0 Å². The van der Waals surface area contributed by atoms with E-state index >= 15 is 0 Å². The first kappa shape index (κ1) is 25.9. The maximum Gasteiger partial charge on any atom is 0.245 e. The van der Waals surface area contributed by atoms with E-state index in [4.69, 9.17) is 4.98 Å². The van der Waals surface area contributed by atoms with E-state index in [1.165, 1.54) is 23.2 Å². The Balaban J connectivity index is 1.41. The van der Waals surface area contributed by atoms with Crippen LogP contribution >= 0.6 is 0 Å². The number of aromatic nitrogens is 1. The molecule has 2 aliphatic carbocycles. The van der Waals surface area contributed by atoms with Crippen molar-refractivity contribution in [3.8, 4) is 0 Å². The van der Waals surface area contributed by atoms with E-state index in [1.807, 2.05) is 18.0 Å². The van der Waals surface area contributed by atoms with Crippen LogP contribution in [0.15, 0.2) is 42.6 Å². The minimum atomic E-state index is -0.452. The smallest absolute Gasteiger partial charge is 0.245 e. The number of nitrogens with one attached hydrogen (secondary N) is 2. The monoisotopic (exact) mass is 502 g/mol. The van der Waals surface area contributed by atoms with Gasteiger partial charge >= 0.3 is 0 Å². The molecular weight excluding hydrogens is 460 g/mol. The summed E-state index contributed by atoms with van der Waals surface area (Å²) in [5.74, 6) is 0.562. The van der Waals surface area contributed by atoms with Gasteiger partial charge in [0.1, 0.15) is 6.04 Å². The van der Waals surface area contributed by atoms with Gasteiger partial charge in [0, 0.05) is 24.4 Å². The van der Waals surface area contributed by atoms with Gasteiger partial charge in [-0.05, 0) is 87.6 Å². The maximum absolute atomic E-state index is 14.1. The van der Waals surface area contributed by atoms with Crippen LogP contribution in [-0.4, -0.2) is 47.4 Å². The summed E-state index contributed by atoms with van der Waals surface area (Å²) in [5.41, 5.74) is 5.02. The molecule has 4 atom stereocenters. The van der Waals surface area contributed by atoms with Gasteiger partial charge in [-0.25, -0.2) is 0 Å². The molecule has 6 nitrogen and oxygen atoms in total. The van der Waals surface area contributed by atoms with Crippen molar-refractivity contribution in [2.24, 2.45) is 5.92 Å². The van der Waals surface area contributed by atoms with Gasteiger partial charge in [0.2, 0.25) is 11.8 Å². The number of fused-ring (bicyclic) bond motifs is 1. The average molecular weight is 503 g/mol. The molecule has 1 saturated heterocycles. The number of pyridine rings is 1. The van der Waals surface area contributed by atoms with Crippen molar-refractivity contribution >= 4 is 11.8 Å². The zero-order chi connectivity index (χ0) is 25.8. The molecule has 6 heteroatoms. The van der Waals surface area contributed by atoms with Gasteiger partial charge in [0.05, 0.1) is 12.1 Å². The number of likely N-dealkylation sites (N-methyl/N-ethyl adjacent to an activating group) is 1. The highest BCUT2D eigenvalue weighted by molar-refractivity contribution is 5.90. The predicted octanol–water partition coefficient (Wildman–Crippen LogP) is 4.89. The van der Waals surface area contributed by atoms with Crippen LogP contribution in [0.5, 0.6) is 0 Å². The maximum atomic E-state index is 14.1. The highest BCUT2D eigenvalue weighted by atomic mass is 16.2. The van der Waals surface area contributed by atoms with Gasteiger partial charge in [-0.1, -0.05) is 49.6 Å². The van der Waals surface area contributed by atoms with Gasteiger partial charge in [-0.3, -0.25) is 14.6 Å². The van der Waals surface area contributed by atoms with Crippen LogP contribution < -0.4 is 10.6 Å². The molecule has 37 heavy (non-hydrogen) atoms. The zero-order valence-corrected chi connectivity index (χ0v) is 22.4. The third-order valence-corrected chi connectivity index (χ3v) is 8.94. The lowest BCUT2D eigenvalue weighted by atomic mass is 9.80. The number of hydrogen-bond acceptors (Lipinski definition) is 4. The molecular formula is C31H42N4O2. The van der Waals surface area contributed by atoms with Crippen LogP contribution in [0.1, 0.15) is 99.1 Å². The Hall–Kier alpha value is -2.73. The predicted molar refractivity (Wildman–Crippen MR) is 146 cm³/mol. The molecule has 3 aliphatic rings. The summed E-state index contributed by atoms with van der Waals surface area (Å²) in [6.45, 7) is 2.59. The zero-order valence-electron chi connectivity index (χ0n) is 22.4. The van der Waals surface area contributed by atoms with Gasteiger partial charge < -0.3 is 15.5 Å². The first-order valence-corrected chi connectivity index (χ1v) is 14.4. The van der Waals surface area contributed by atoms with E-state index in [2.05, 4.69) is 47.0 Å². The van der Waals surface area contributed by atoms with Crippen LogP contribution in [0.25, 0.3) is 0 Å². The normalized spacial score (nSPS) is 23.8. The van der Waals surface area contributed by atoms with Crippen molar-refractivity contribution in [1.29, 1.82) is 0 Å². The lowest BCUT2D eigenvalue weighted by molar-refractivity contribution is -0.139. The second-order valence-electron chi connectivity index (χ2n) is 11.2. The lowest BCUT2D eigenvalue weighted by Gasteiger charge is -2.36. The molecule has 1 aromatic heterocycles.